The lowest BCUT2D eigenvalue weighted by atomic mass is 10.1. The number of amides is 1. The van der Waals surface area contributed by atoms with Crippen LogP contribution in [0.5, 0.6) is 0 Å². The van der Waals surface area contributed by atoms with E-state index in [2.05, 4.69) is 5.32 Å². The van der Waals surface area contributed by atoms with Crippen molar-refractivity contribution in [2.24, 2.45) is 0 Å². The van der Waals surface area contributed by atoms with Crippen LogP contribution in [0.25, 0.3) is 0 Å². The van der Waals surface area contributed by atoms with Crippen LogP contribution in [0.15, 0.2) is 30.3 Å². The fourth-order valence-corrected chi connectivity index (χ4v) is 1.55. The van der Waals surface area contributed by atoms with Crippen molar-refractivity contribution < 1.29 is 14.3 Å². The number of carbonyl (C=O) groups excluding carboxylic acids is 1. The third-order valence-electron chi connectivity index (χ3n) is 2.17. The summed E-state index contributed by atoms with van der Waals surface area (Å²) in [6, 6.07) is 9.22. The highest BCUT2D eigenvalue weighted by Crippen LogP contribution is 2.25. The molecule has 20 heavy (non-hydrogen) atoms. The molecule has 0 aliphatic heterocycles. The van der Waals surface area contributed by atoms with Gasteiger partial charge in [0.25, 0.3) is 0 Å². The smallest absolute Gasteiger partial charge is 0.415 e. The van der Waals surface area contributed by atoms with E-state index in [0.717, 1.165) is 17.3 Å². The number of hydrogen-bond donors (Lipinski definition) is 2. The van der Waals surface area contributed by atoms with E-state index in [9.17, 15) is 4.79 Å². The minimum atomic E-state index is -0.814. The Balaban J connectivity index is 2.79. The lowest BCUT2D eigenvalue weighted by Crippen LogP contribution is -2.32. The van der Waals surface area contributed by atoms with Gasteiger partial charge in [-0.3, -0.25) is 10.7 Å². The molecule has 0 fully saturated rings. The van der Waals surface area contributed by atoms with Gasteiger partial charge in [-0.2, -0.15) is 0 Å². The number of ether oxygens (including phenoxy) is 2. The molecule has 1 aromatic carbocycles. The molecule has 0 bridgehead atoms. The van der Waals surface area contributed by atoms with Crippen LogP contribution in [0, 0.1) is 5.41 Å². The summed E-state index contributed by atoms with van der Waals surface area (Å²) in [5.74, 6) is 0. The Labute approximate surface area is 123 Å². The topological polar surface area (TPSA) is 71.4 Å². The first-order valence-corrected chi connectivity index (χ1v) is 7.37. The van der Waals surface area contributed by atoms with Crippen LogP contribution in [-0.4, -0.2) is 23.1 Å². The van der Waals surface area contributed by atoms with E-state index in [-0.39, 0.29) is 5.17 Å². The maximum atomic E-state index is 11.7. The zero-order valence-corrected chi connectivity index (χ0v) is 12.9. The van der Waals surface area contributed by atoms with E-state index >= 15 is 0 Å². The lowest BCUT2D eigenvalue weighted by molar-refractivity contribution is -0.169. The number of carbonyl (C=O) groups is 1. The molecule has 2 N–H and O–H groups in total. The molecule has 1 aromatic rings. The Morgan fingerprint density at radius 2 is 1.90 bits per heavy atom. The van der Waals surface area contributed by atoms with Gasteiger partial charge in [-0.15, -0.1) is 0 Å². The van der Waals surface area contributed by atoms with E-state index in [1.165, 1.54) is 0 Å². The highest BCUT2D eigenvalue weighted by atomic mass is 32.2. The molecule has 0 spiro atoms. The van der Waals surface area contributed by atoms with Gasteiger partial charge in [0.05, 0.1) is 5.60 Å². The average molecular weight is 296 g/mol. The van der Waals surface area contributed by atoms with Gasteiger partial charge in [-0.25, -0.2) is 4.79 Å². The van der Waals surface area contributed by atoms with Gasteiger partial charge in [0.2, 0.25) is 6.29 Å². The monoisotopic (exact) mass is 296 g/mol. The number of hydrogen-bond acceptors (Lipinski definition) is 5. The van der Waals surface area contributed by atoms with Gasteiger partial charge in [-0.05, 0) is 27.0 Å². The Kier molecular flexibility index (Phi) is 6.04. The van der Waals surface area contributed by atoms with Gasteiger partial charge in [0.15, 0.2) is 5.17 Å². The molecule has 1 atom stereocenters. The van der Waals surface area contributed by atoms with Crippen molar-refractivity contribution in [3.05, 3.63) is 35.9 Å². The largest absolute Gasteiger partial charge is 0.415 e. The summed E-state index contributed by atoms with van der Waals surface area (Å²) in [5, 5.41) is 9.75. The summed E-state index contributed by atoms with van der Waals surface area (Å²) in [5.41, 5.74) is 0.279. The molecular formula is C14H20N2O3S. The van der Waals surface area contributed by atoms with Gasteiger partial charge in [0.1, 0.15) is 0 Å². The number of alkyl carbamates (subject to hydrolysis) is 1. The summed E-state index contributed by atoms with van der Waals surface area (Å²) >= 11 is 1.12. The highest BCUT2D eigenvalue weighted by Gasteiger charge is 2.24. The quantitative estimate of drug-likeness (QED) is 0.508. The molecule has 0 aliphatic rings. The minimum absolute atomic E-state index is 0.0255. The summed E-state index contributed by atoms with van der Waals surface area (Å²) in [4.78, 5) is 11.7. The van der Waals surface area contributed by atoms with Gasteiger partial charge in [0, 0.05) is 5.56 Å². The third-order valence-corrected chi connectivity index (χ3v) is 2.68. The number of benzene rings is 1. The van der Waals surface area contributed by atoms with Crippen LogP contribution in [-0.2, 0) is 9.47 Å². The zero-order chi connectivity index (χ0) is 15.2. The lowest BCUT2D eigenvalue weighted by Gasteiger charge is -2.27. The van der Waals surface area contributed by atoms with Crippen molar-refractivity contribution in [3.63, 3.8) is 0 Å². The number of nitrogens with one attached hydrogen (secondary N) is 2. The molecule has 110 valence electrons. The van der Waals surface area contributed by atoms with Crippen LogP contribution >= 0.6 is 11.8 Å². The Bertz CT molecular complexity index is 457. The fraction of sp³-hybridized carbons (Fsp3) is 0.429. The maximum absolute atomic E-state index is 11.7. The summed E-state index contributed by atoms with van der Waals surface area (Å²) in [6.45, 7) is 5.65. The van der Waals surface area contributed by atoms with Gasteiger partial charge < -0.3 is 9.47 Å². The molecule has 1 rings (SSSR count). The predicted molar refractivity (Wildman–Crippen MR) is 80.9 cm³/mol. The van der Waals surface area contributed by atoms with E-state index in [1.807, 2.05) is 51.1 Å². The molecule has 0 saturated carbocycles. The second-order valence-electron chi connectivity index (χ2n) is 5.04. The molecule has 0 radical (unpaired) electrons. The van der Waals surface area contributed by atoms with Crippen molar-refractivity contribution in [2.75, 3.05) is 6.26 Å². The van der Waals surface area contributed by atoms with Crippen LogP contribution in [0.3, 0.4) is 0 Å². The fourth-order valence-electron chi connectivity index (χ4n) is 1.36. The second-order valence-corrected chi connectivity index (χ2v) is 5.85. The van der Waals surface area contributed by atoms with Crippen molar-refractivity contribution >= 4 is 23.0 Å². The van der Waals surface area contributed by atoms with E-state index in [4.69, 9.17) is 14.9 Å². The van der Waals surface area contributed by atoms with Gasteiger partial charge in [-0.1, -0.05) is 42.1 Å². The second kappa shape index (κ2) is 7.31. The SMILES string of the molecule is CSC(=N)NC(=O)OC(OC(C)(C)C)c1ccccc1. The number of thioether (sulfide) groups is 1. The Hall–Kier alpha value is -1.53. The molecule has 0 aromatic heterocycles. The van der Waals surface area contributed by atoms with Crippen LogP contribution in [0.1, 0.15) is 32.6 Å². The van der Waals surface area contributed by atoms with E-state index in [0.29, 0.717) is 0 Å². The van der Waals surface area contributed by atoms with E-state index < -0.39 is 18.0 Å². The average Bonchev–Trinajstić information content (AvgIpc) is 2.37. The van der Waals surface area contributed by atoms with E-state index in [1.54, 1.807) is 6.26 Å². The molecule has 6 heteroatoms. The standard InChI is InChI=1S/C14H20N2O3S/c1-14(2,3)19-11(10-8-6-5-7-9-10)18-13(17)16-12(15)20-4/h5-9,11H,1-4H3,(H2,15,16,17). The molecule has 0 heterocycles. The minimum Gasteiger partial charge on any atom is -0.415 e. The highest BCUT2D eigenvalue weighted by molar-refractivity contribution is 8.13. The molecule has 1 unspecified atom stereocenters. The molecular weight excluding hydrogens is 276 g/mol. The summed E-state index contributed by atoms with van der Waals surface area (Å²) in [7, 11) is 0. The van der Waals surface area contributed by atoms with Gasteiger partial charge >= 0.3 is 6.09 Å². The third kappa shape index (κ3) is 6.08. The summed E-state index contributed by atoms with van der Waals surface area (Å²) < 4.78 is 11.0. The van der Waals surface area contributed by atoms with Crippen molar-refractivity contribution in [1.82, 2.24) is 5.32 Å². The van der Waals surface area contributed by atoms with Crippen LogP contribution in [0.2, 0.25) is 0 Å². The predicted octanol–water partition coefficient (Wildman–Crippen LogP) is 3.52. The van der Waals surface area contributed by atoms with Crippen LogP contribution < -0.4 is 5.32 Å². The number of rotatable bonds is 3. The van der Waals surface area contributed by atoms with Crippen molar-refractivity contribution in [1.29, 1.82) is 5.41 Å². The molecule has 0 aliphatic carbocycles. The Morgan fingerprint density at radius 3 is 2.40 bits per heavy atom. The van der Waals surface area contributed by atoms with Crippen molar-refractivity contribution in [2.45, 2.75) is 32.7 Å². The molecule has 0 saturated heterocycles. The zero-order valence-electron chi connectivity index (χ0n) is 12.1. The molecule has 5 nitrogen and oxygen atoms in total. The first kappa shape index (κ1) is 16.5. The first-order valence-electron chi connectivity index (χ1n) is 6.15. The maximum Gasteiger partial charge on any atom is 0.415 e. The molecule has 1 amide bonds. The summed E-state index contributed by atoms with van der Waals surface area (Å²) in [6.07, 6.45) is 0.177. The van der Waals surface area contributed by atoms with Crippen LogP contribution in [0.4, 0.5) is 4.79 Å². The van der Waals surface area contributed by atoms with Crippen molar-refractivity contribution in [3.8, 4) is 0 Å². The number of amidine groups is 1. The Morgan fingerprint density at radius 1 is 1.30 bits per heavy atom. The first-order chi connectivity index (χ1) is 9.31. The normalized spacial score (nSPS) is 12.6.